The third-order valence-electron chi connectivity index (χ3n) is 4.75. The Morgan fingerprint density at radius 2 is 1.57 bits per heavy atom. The van der Waals surface area contributed by atoms with E-state index < -0.39 is 7.26 Å². The van der Waals surface area contributed by atoms with Gasteiger partial charge in [0.15, 0.2) is 5.65 Å². The van der Waals surface area contributed by atoms with Gasteiger partial charge in [-0.2, -0.15) is 0 Å². The predicted octanol–water partition coefficient (Wildman–Crippen LogP) is 5.88. The molecule has 0 spiro atoms. The van der Waals surface area contributed by atoms with Crippen molar-refractivity contribution in [2.75, 3.05) is 18.5 Å². The van der Waals surface area contributed by atoms with Crippen LogP contribution in [0.2, 0.25) is 0 Å². The fraction of sp³-hybridized carbons (Fsp3) is 0.684. The molecule has 4 heteroatoms. The van der Waals surface area contributed by atoms with Gasteiger partial charge in [0.25, 0.3) is 0 Å². The van der Waals surface area contributed by atoms with Crippen molar-refractivity contribution in [1.29, 1.82) is 0 Å². The zero-order chi connectivity index (χ0) is 16.5. The number of nitrogens with zero attached hydrogens (tertiary/aromatic N) is 2. The molecule has 0 saturated heterocycles. The maximum atomic E-state index is 4.78. The average Bonchev–Trinajstić information content (AvgIpc) is 2.98. The van der Waals surface area contributed by atoms with E-state index in [2.05, 4.69) is 36.8 Å². The summed E-state index contributed by atoms with van der Waals surface area (Å²) in [5, 5.41) is 0. The number of pyridine rings is 1. The van der Waals surface area contributed by atoms with E-state index >= 15 is 0 Å². The summed E-state index contributed by atoms with van der Waals surface area (Å²) >= 11 is 0. The maximum absolute atomic E-state index is 4.78. The topological polar surface area (TPSA) is 41.6 Å². The number of imidazole rings is 1. The molecule has 128 valence electrons. The number of aromatic nitrogens is 3. The van der Waals surface area contributed by atoms with Crippen molar-refractivity contribution in [1.82, 2.24) is 15.0 Å². The van der Waals surface area contributed by atoms with Gasteiger partial charge in [-0.25, -0.2) is 9.97 Å². The first kappa shape index (κ1) is 18.4. The number of hydrogen-bond acceptors (Lipinski definition) is 2. The van der Waals surface area contributed by atoms with Gasteiger partial charge in [-0.1, -0.05) is 40.0 Å². The molecule has 1 N–H and O–H groups in total. The molecule has 0 aliphatic rings. The highest BCUT2D eigenvalue weighted by molar-refractivity contribution is 7.75. The Bertz CT molecular complexity index is 524. The highest BCUT2D eigenvalue weighted by Gasteiger charge is 2.36. The highest BCUT2D eigenvalue weighted by atomic mass is 31.2. The molecule has 3 nitrogen and oxygen atoms in total. The van der Waals surface area contributed by atoms with Gasteiger partial charge in [0.1, 0.15) is 12.0 Å². The van der Waals surface area contributed by atoms with Gasteiger partial charge >= 0.3 is 0 Å². The number of rotatable bonds is 11. The van der Waals surface area contributed by atoms with Crippen LogP contribution in [-0.2, 0) is 6.16 Å². The number of aromatic amines is 1. The minimum absolute atomic E-state index is 0.877. The van der Waals surface area contributed by atoms with Crippen LogP contribution in [0.3, 0.4) is 0 Å². The van der Waals surface area contributed by atoms with Crippen LogP contribution < -0.4 is 0 Å². The third kappa shape index (κ3) is 5.28. The van der Waals surface area contributed by atoms with Gasteiger partial charge in [-0.3, -0.25) is 0 Å². The Morgan fingerprint density at radius 1 is 0.957 bits per heavy atom. The smallest absolute Gasteiger partial charge is 0.177 e. The van der Waals surface area contributed by atoms with Gasteiger partial charge < -0.3 is 4.98 Å². The Balaban J connectivity index is 2.21. The van der Waals surface area contributed by atoms with E-state index in [0.717, 1.165) is 11.2 Å². The normalized spacial score (nSPS) is 12.1. The fourth-order valence-electron chi connectivity index (χ4n) is 3.34. The Morgan fingerprint density at radius 3 is 2.09 bits per heavy atom. The van der Waals surface area contributed by atoms with Gasteiger partial charge in [0.2, 0.25) is 0 Å². The molecule has 0 saturated carbocycles. The van der Waals surface area contributed by atoms with Crippen LogP contribution in [0.15, 0.2) is 18.3 Å². The van der Waals surface area contributed by atoms with Crippen molar-refractivity contribution < 1.29 is 0 Å². The first-order valence-corrected chi connectivity index (χ1v) is 11.9. The molecule has 0 aromatic carbocycles. The predicted molar refractivity (Wildman–Crippen MR) is 104 cm³/mol. The summed E-state index contributed by atoms with van der Waals surface area (Å²) in [6.45, 7) is 6.96. The van der Waals surface area contributed by atoms with Crippen LogP contribution >= 0.6 is 7.26 Å². The Hall–Kier alpha value is -0.950. The molecule has 0 unspecified atom stereocenters. The van der Waals surface area contributed by atoms with Gasteiger partial charge in [0, 0.05) is 13.5 Å². The van der Waals surface area contributed by atoms with Crippen molar-refractivity contribution in [3.05, 3.63) is 24.2 Å². The second kappa shape index (κ2) is 9.37. The molecular formula is C19H33N3P+. The molecule has 0 aliphatic heterocycles. The van der Waals surface area contributed by atoms with E-state index in [4.69, 9.17) is 4.98 Å². The number of fused-ring (bicyclic) bond motifs is 1. The lowest BCUT2D eigenvalue weighted by Gasteiger charge is -2.27. The summed E-state index contributed by atoms with van der Waals surface area (Å²) in [6, 6.07) is 4.07. The minimum Gasteiger partial charge on any atom is -0.338 e. The zero-order valence-electron chi connectivity index (χ0n) is 15.1. The zero-order valence-corrected chi connectivity index (χ0v) is 16.0. The second-order valence-corrected chi connectivity index (χ2v) is 11.1. The van der Waals surface area contributed by atoms with Gasteiger partial charge in [0.05, 0.1) is 24.0 Å². The lowest BCUT2D eigenvalue weighted by atomic mass is 10.4. The molecular weight excluding hydrogens is 301 g/mol. The summed E-state index contributed by atoms with van der Waals surface area (Å²) in [6.07, 6.45) is 15.4. The van der Waals surface area contributed by atoms with Crippen molar-refractivity contribution in [2.24, 2.45) is 0 Å². The number of hydrogen-bond donors (Lipinski definition) is 1. The molecule has 2 aromatic heterocycles. The Labute approximate surface area is 142 Å². The maximum Gasteiger partial charge on any atom is 0.177 e. The van der Waals surface area contributed by atoms with Crippen molar-refractivity contribution in [3.8, 4) is 0 Å². The van der Waals surface area contributed by atoms with E-state index in [1.165, 1.54) is 69.0 Å². The quantitative estimate of drug-likeness (QED) is 0.522. The summed E-state index contributed by atoms with van der Waals surface area (Å²) < 4.78 is 0. The molecule has 0 amide bonds. The average molecular weight is 334 g/mol. The minimum atomic E-state index is -0.944. The van der Waals surface area contributed by atoms with Crippen LogP contribution in [0.1, 0.15) is 65.1 Å². The lowest BCUT2D eigenvalue weighted by Crippen LogP contribution is -2.12. The highest BCUT2D eigenvalue weighted by Crippen LogP contribution is 2.63. The number of H-pyrrole nitrogens is 1. The first-order chi connectivity index (χ1) is 11.2. The molecule has 2 heterocycles. The van der Waals surface area contributed by atoms with Crippen LogP contribution in [0.4, 0.5) is 0 Å². The molecule has 0 bridgehead atoms. The van der Waals surface area contributed by atoms with Crippen LogP contribution in [-0.4, -0.2) is 33.4 Å². The van der Waals surface area contributed by atoms with E-state index in [9.17, 15) is 0 Å². The molecule has 0 atom stereocenters. The first-order valence-electron chi connectivity index (χ1n) is 9.37. The van der Waals surface area contributed by atoms with Crippen molar-refractivity contribution in [2.45, 2.75) is 65.5 Å². The van der Waals surface area contributed by atoms with E-state index in [1.807, 2.05) is 12.3 Å². The van der Waals surface area contributed by atoms with E-state index in [-0.39, 0.29) is 0 Å². The lowest BCUT2D eigenvalue weighted by molar-refractivity contribution is 0.829. The van der Waals surface area contributed by atoms with Crippen LogP contribution in [0, 0.1) is 0 Å². The standard InChI is InChI=1S/C19H33N3P/c1-4-7-13-23(14-8-5-2,15-9-6-3)16-18-21-17-11-10-12-20-19(17)22-18/h10-12H,4-9,13-16H2,1-3H3,(H,20,21,22)/q+1. The second-order valence-electron chi connectivity index (χ2n) is 6.79. The van der Waals surface area contributed by atoms with Crippen LogP contribution in [0.25, 0.3) is 11.2 Å². The van der Waals surface area contributed by atoms with E-state index in [1.54, 1.807) is 0 Å². The monoisotopic (exact) mass is 334 g/mol. The molecule has 0 radical (unpaired) electrons. The molecule has 0 fully saturated rings. The molecule has 23 heavy (non-hydrogen) atoms. The van der Waals surface area contributed by atoms with E-state index in [0.29, 0.717) is 0 Å². The summed E-state index contributed by atoms with van der Waals surface area (Å²) in [4.78, 5) is 12.7. The molecule has 0 aliphatic carbocycles. The molecule has 2 rings (SSSR count). The number of unbranched alkanes of at least 4 members (excludes halogenated alkanes) is 3. The van der Waals surface area contributed by atoms with Crippen LogP contribution in [0.5, 0.6) is 0 Å². The van der Waals surface area contributed by atoms with Gasteiger partial charge in [-0.15, -0.1) is 0 Å². The summed E-state index contributed by atoms with van der Waals surface area (Å²) in [7, 11) is -0.944. The summed E-state index contributed by atoms with van der Waals surface area (Å²) in [5.74, 6) is 1.18. The molecule has 2 aromatic rings. The van der Waals surface area contributed by atoms with Crippen molar-refractivity contribution >= 4 is 18.4 Å². The third-order valence-corrected chi connectivity index (χ3v) is 9.51. The fourth-order valence-corrected chi connectivity index (χ4v) is 8.23. The summed E-state index contributed by atoms with van der Waals surface area (Å²) in [5.41, 5.74) is 1.96. The SMILES string of the molecule is CCCC[P+](CCCC)(CCCC)Cc1nc2ncccc2[nH]1. The Kier molecular flexibility index (Phi) is 7.49. The van der Waals surface area contributed by atoms with Gasteiger partial charge in [-0.05, 0) is 31.4 Å². The van der Waals surface area contributed by atoms with Crippen molar-refractivity contribution in [3.63, 3.8) is 0 Å². The number of nitrogens with one attached hydrogen (secondary N) is 1. The largest absolute Gasteiger partial charge is 0.338 e.